The average Bonchev–Trinajstić information content (AvgIpc) is 2.86. The van der Waals surface area contributed by atoms with Crippen LogP contribution in [0.15, 0.2) is 36.8 Å². The molecule has 0 spiro atoms. The van der Waals surface area contributed by atoms with Gasteiger partial charge < -0.3 is 5.32 Å². The minimum Gasteiger partial charge on any atom is -0.313 e. The first kappa shape index (κ1) is 12.8. The summed E-state index contributed by atoms with van der Waals surface area (Å²) in [5.41, 5.74) is 2.30. The van der Waals surface area contributed by atoms with Gasteiger partial charge in [0.1, 0.15) is 0 Å². The van der Waals surface area contributed by atoms with Crippen LogP contribution in [0.2, 0.25) is 0 Å². The van der Waals surface area contributed by atoms with E-state index < -0.39 is 0 Å². The van der Waals surface area contributed by atoms with Crippen LogP contribution < -0.4 is 5.32 Å². The molecule has 4 heteroatoms. The van der Waals surface area contributed by atoms with Crippen LogP contribution in [-0.4, -0.2) is 21.8 Å². The molecule has 1 atom stereocenters. The van der Waals surface area contributed by atoms with Crippen LogP contribution in [0.25, 0.3) is 0 Å². The molecule has 96 valence electrons. The van der Waals surface area contributed by atoms with Gasteiger partial charge in [0.25, 0.3) is 0 Å². The number of nitrogens with one attached hydrogen (secondary N) is 1. The third kappa shape index (κ3) is 2.96. The van der Waals surface area contributed by atoms with E-state index in [0.29, 0.717) is 6.04 Å². The van der Waals surface area contributed by atoms with E-state index in [2.05, 4.69) is 41.4 Å². The normalized spacial score (nSPS) is 12.9. The summed E-state index contributed by atoms with van der Waals surface area (Å²) >= 11 is 0. The summed E-state index contributed by atoms with van der Waals surface area (Å²) in [5, 5.41) is 7.90. The van der Waals surface area contributed by atoms with Gasteiger partial charge in [-0.1, -0.05) is 6.07 Å². The molecule has 0 aliphatic rings. The van der Waals surface area contributed by atoms with Gasteiger partial charge in [0.2, 0.25) is 0 Å². The number of hydrogen-bond donors (Lipinski definition) is 1. The highest BCUT2D eigenvalue weighted by atomic mass is 15.3. The number of hydrogen-bond acceptors (Lipinski definition) is 3. The molecule has 0 amide bonds. The van der Waals surface area contributed by atoms with Gasteiger partial charge in [0.15, 0.2) is 0 Å². The smallest absolute Gasteiger partial charge is 0.0643 e. The van der Waals surface area contributed by atoms with Crippen molar-refractivity contribution in [1.82, 2.24) is 20.1 Å². The highest BCUT2D eigenvalue weighted by molar-refractivity contribution is 5.16. The summed E-state index contributed by atoms with van der Waals surface area (Å²) < 4.78 is 1.99. The fraction of sp³-hybridized carbons (Fsp3) is 0.429. The van der Waals surface area contributed by atoms with E-state index in [0.717, 1.165) is 12.1 Å². The van der Waals surface area contributed by atoms with Crippen LogP contribution in [-0.2, 0) is 6.42 Å². The summed E-state index contributed by atoms with van der Waals surface area (Å²) in [7, 11) is 1.97. The Morgan fingerprint density at radius 1 is 1.33 bits per heavy atom. The molecule has 0 fully saturated rings. The van der Waals surface area contributed by atoms with Crippen molar-refractivity contribution >= 4 is 0 Å². The number of nitrogens with zero attached hydrogens (tertiary/aromatic N) is 3. The minimum atomic E-state index is 0.259. The lowest BCUT2D eigenvalue weighted by Gasteiger charge is -2.14. The molecule has 1 unspecified atom stereocenters. The molecule has 0 aromatic carbocycles. The van der Waals surface area contributed by atoms with Crippen molar-refractivity contribution in [2.45, 2.75) is 32.4 Å². The van der Waals surface area contributed by atoms with Gasteiger partial charge in [-0.05, 0) is 38.6 Å². The van der Waals surface area contributed by atoms with E-state index >= 15 is 0 Å². The van der Waals surface area contributed by atoms with Gasteiger partial charge in [-0.25, -0.2) is 0 Å². The Hall–Kier alpha value is -1.68. The first-order chi connectivity index (χ1) is 8.70. The molecule has 2 rings (SSSR count). The molecular weight excluding hydrogens is 224 g/mol. The highest BCUT2D eigenvalue weighted by Crippen LogP contribution is 2.16. The quantitative estimate of drug-likeness (QED) is 0.878. The van der Waals surface area contributed by atoms with Gasteiger partial charge in [0, 0.05) is 37.1 Å². The fourth-order valence-corrected chi connectivity index (χ4v) is 1.95. The first-order valence-corrected chi connectivity index (χ1v) is 6.32. The highest BCUT2D eigenvalue weighted by Gasteiger charge is 2.12. The van der Waals surface area contributed by atoms with Crippen molar-refractivity contribution in [1.29, 1.82) is 0 Å². The van der Waals surface area contributed by atoms with Crippen molar-refractivity contribution < 1.29 is 0 Å². The van der Waals surface area contributed by atoms with E-state index in [4.69, 9.17) is 0 Å². The number of pyridine rings is 1. The van der Waals surface area contributed by atoms with Crippen molar-refractivity contribution in [2.24, 2.45) is 0 Å². The predicted molar refractivity (Wildman–Crippen MR) is 72.4 cm³/mol. The van der Waals surface area contributed by atoms with Crippen LogP contribution in [0, 0.1) is 0 Å². The maximum absolute atomic E-state index is 4.58. The van der Waals surface area contributed by atoms with Crippen molar-refractivity contribution in [3.05, 3.63) is 48.0 Å². The summed E-state index contributed by atoms with van der Waals surface area (Å²) in [6.45, 7) is 4.26. The maximum atomic E-state index is 4.58. The lowest BCUT2D eigenvalue weighted by atomic mass is 10.0. The molecule has 0 aliphatic heterocycles. The zero-order valence-electron chi connectivity index (χ0n) is 11.2. The Kier molecular flexibility index (Phi) is 4.10. The standard InChI is InChI=1S/C14H20N4/c1-11(2)18-8-6-13(17-18)9-14(15-3)12-5-4-7-16-10-12/h4-8,10-11,14-15H,9H2,1-3H3. The third-order valence-corrected chi connectivity index (χ3v) is 3.04. The van der Waals surface area contributed by atoms with Crippen molar-refractivity contribution in [3.8, 4) is 0 Å². The molecular formula is C14H20N4. The molecule has 2 heterocycles. The van der Waals surface area contributed by atoms with Crippen molar-refractivity contribution in [3.63, 3.8) is 0 Å². The monoisotopic (exact) mass is 244 g/mol. The topological polar surface area (TPSA) is 42.7 Å². The minimum absolute atomic E-state index is 0.259. The molecule has 0 saturated heterocycles. The molecule has 18 heavy (non-hydrogen) atoms. The Morgan fingerprint density at radius 2 is 2.17 bits per heavy atom. The molecule has 2 aromatic heterocycles. The van der Waals surface area contributed by atoms with E-state index in [1.54, 1.807) is 6.20 Å². The number of aromatic nitrogens is 3. The summed E-state index contributed by atoms with van der Waals surface area (Å²) in [4.78, 5) is 4.16. The predicted octanol–water partition coefficient (Wildman–Crippen LogP) is 2.36. The number of rotatable bonds is 5. The second-order valence-corrected chi connectivity index (χ2v) is 4.71. The van der Waals surface area contributed by atoms with E-state index in [-0.39, 0.29) is 6.04 Å². The summed E-state index contributed by atoms with van der Waals surface area (Å²) in [6.07, 6.45) is 6.61. The summed E-state index contributed by atoms with van der Waals surface area (Å²) in [5.74, 6) is 0. The second-order valence-electron chi connectivity index (χ2n) is 4.71. The van der Waals surface area contributed by atoms with Crippen molar-refractivity contribution in [2.75, 3.05) is 7.05 Å². The van der Waals surface area contributed by atoms with Gasteiger partial charge in [-0.2, -0.15) is 5.10 Å². The Bertz CT molecular complexity index is 476. The van der Waals surface area contributed by atoms with Crippen LogP contribution in [0.1, 0.15) is 37.2 Å². The van der Waals surface area contributed by atoms with Crippen LogP contribution in [0.4, 0.5) is 0 Å². The molecule has 0 radical (unpaired) electrons. The Labute approximate surface area is 108 Å². The van der Waals surface area contributed by atoms with E-state index in [9.17, 15) is 0 Å². The van der Waals surface area contributed by atoms with E-state index in [1.807, 2.05) is 30.2 Å². The van der Waals surface area contributed by atoms with Gasteiger partial charge in [-0.3, -0.25) is 9.67 Å². The fourth-order valence-electron chi connectivity index (χ4n) is 1.95. The first-order valence-electron chi connectivity index (χ1n) is 6.32. The average molecular weight is 244 g/mol. The SMILES string of the molecule is CNC(Cc1ccn(C(C)C)n1)c1cccnc1. The molecule has 0 bridgehead atoms. The Morgan fingerprint density at radius 3 is 2.72 bits per heavy atom. The van der Waals surface area contributed by atoms with E-state index in [1.165, 1.54) is 5.56 Å². The lowest BCUT2D eigenvalue weighted by molar-refractivity contribution is 0.514. The largest absolute Gasteiger partial charge is 0.313 e. The van der Waals surface area contributed by atoms with Crippen LogP contribution >= 0.6 is 0 Å². The van der Waals surface area contributed by atoms with Gasteiger partial charge >= 0.3 is 0 Å². The van der Waals surface area contributed by atoms with Gasteiger partial charge in [0.05, 0.1) is 5.69 Å². The molecule has 0 saturated carbocycles. The second kappa shape index (κ2) is 5.78. The molecule has 2 aromatic rings. The maximum Gasteiger partial charge on any atom is 0.0643 e. The molecule has 4 nitrogen and oxygen atoms in total. The third-order valence-electron chi connectivity index (χ3n) is 3.04. The van der Waals surface area contributed by atoms with Gasteiger partial charge in [-0.15, -0.1) is 0 Å². The summed E-state index contributed by atoms with van der Waals surface area (Å²) in [6, 6.07) is 6.81. The van der Waals surface area contributed by atoms with Crippen LogP contribution in [0.5, 0.6) is 0 Å². The molecule has 1 N–H and O–H groups in total. The Balaban J connectivity index is 2.10. The number of likely N-dealkylation sites (N-methyl/N-ethyl adjacent to an activating group) is 1. The molecule has 0 aliphatic carbocycles. The zero-order valence-corrected chi connectivity index (χ0v) is 11.2. The lowest BCUT2D eigenvalue weighted by Crippen LogP contribution is -2.19. The zero-order chi connectivity index (χ0) is 13.0. The van der Waals surface area contributed by atoms with Crippen LogP contribution in [0.3, 0.4) is 0 Å².